The Balaban J connectivity index is 1.67. The fourth-order valence-corrected chi connectivity index (χ4v) is 5.39. The van der Waals surface area contributed by atoms with Gasteiger partial charge in [-0.15, -0.1) is 11.3 Å². The van der Waals surface area contributed by atoms with Gasteiger partial charge in [-0.1, -0.05) is 6.07 Å². The molecule has 0 saturated heterocycles. The van der Waals surface area contributed by atoms with E-state index in [1.54, 1.807) is 18.4 Å². The van der Waals surface area contributed by atoms with Crippen LogP contribution in [0.2, 0.25) is 0 Å². The molecule has 0 radical (unpaired) electrons. The van der Waals surface area contributed by atoms with Gasteiger partial charge in [0.25, 0.3) is 5.91 Å². The molecule has 0 fully saturated rings. The van der Waals surface area contributed by atoms with Gasteiger partial charge in [0.15, 0.2) is 0 Å². The van der Waals surface area contributed by atoms with E-state index < -0.39 is 0 Å². The van der Waals surface area contributed by atoms with Crippen molar-refractivity contribution in [3.63, 3.8) is 0 Å². The Morgan fingerprint density at radius 1 is 1.38 bits per heavy atom. The summed E-state index contributed by atoms with van der Waals surface area (Å²) in [6.07, 6.45) is 0.736. The van der Waals surface area contributed by atoms with Crippen LogP contribution >= 0.6 is 33.9 Å². The van der Waals surface area contributed by atoms with Crippen molar-refractivity contribution in [1.29, 1.82) is 0 Å². The van der Waals surface area contributed by atoms with Crippen LogP contribution in [-0.2, 0) is 13.0 Å². The molecular formula is C17H18IN3O2S. The predicted octanol–water partition coefficient (Wildman–Crippen LogP) is 3.20. The van der Waals surface area contributed by atoms with Crippen molar-refractivity contribution < 1.29 is 9.53 Å². The van der Waals surface area contributed by atoms with Crippen LogP contribution in [0.25, 0.3) is 0 Å². The van der Waals surface area contributed by atoms with Crippen molar-refractivity contribution >= 4 is 44.8 Å². The average molecular weight is 455 g/mol. The summed E-state index contributed by atoms with van der Waals surface area (Å²) in [5.41, 5.74) is 3.10. The number of methoxy groups -OCH3 is 1. The Morgan fingerprint density at radius 3 is 2.96 bits per heavy atom. The SMILES string of the molecule is COc1ccc(C2NC(=O)c3c(sc4c3CCN(C)C4)N2)cc1I. The first kappa shape index (κ1) is 16.2. The summed E-state index contributed by atoms with van der Waals surface area (Å²) in [7, 11) is 3.79. The van der Waals surface area contributed by atoms with E-state index in [-0.39, 0.29) is 12.1 Å². The quantitative estimate of drug-likeness (QED) is 0.684. The number of hydrogen-bond donors (Lipinski definition) is 2. The molecule has 0 bridgehead atoms. The predicted molar refractivity (Wildman–Crippen MR) is 104 cm³/mol. The number of amides is 1. The zero-order valence-corrected chi connectivity index (χ0v) is 16.5. The van der Waals surface area contributed by atoms with Gasteiger partial charge in [0.1, 0.15) is 16.9 Å². The number of fused-ring (bicyclic) bond motifs is 3. The highest BCUT2D eigenvalue weighted by molar-refractivity contribution is 14.1. The molecule has 7 heteroatoms. The molecule has 2 aliphatic heterocycles. The van der Waals surface area contributed by atoms with Gasteiger partial charge in [-0.05, 0) is 59.3 Å². The number of hydrogen-bond acceptors (Lipinski definition) is 5. The molecule has 1 atom stereocenters. The second kappa shape index (κ2) is 6.20. The van der Waals surface area contributed by atoms with Crippen LogP contribution < -0.4 is 15.4 Å². The molecule has 0 aliphatic carbocycles. The monoisotopic (exact) mass is 455 g/mol. The van der Waals surface area contributed by atoms with Crippen LogP contribution in [-0.4, -0.2) is 31.5 Å². The minimum Gasteiger partial charge on any atom is -0.496 e. The van der Waals surface area contributed by atoms with E-state index in [9.17, 15) is 4.79 Å². The maximum absolute atomic E-state index is 12.7. The fraction of sp³-hybridized carbons (Fsp3) is 0.353. The van der Waals surface area contributed by atoms with Gasteiger partial charge in [0.2, 0.25) is 0 Å². The van der Waals surface area contributed by atoms with E-state index in [0.717, 1.165) is 45.0 Å². The molecule has 0 spiro atoms. The van der Waals surface area contributed by atoms with E-state index in [0.29, 0.717) is 0 Å². The highest BCUT2D eigenvalue weighted by atomic mass is 127. The molecule has 3 heterocycles. The van der Waals surface area contributed by atoms with Crippen molar-refractivity contribution in [1.82, 2.24) is 10.2 Å². The molecule has 126 valence electrons. The number of halogens is 1. The number of benzene rings is 1. The first-order valence-corrected chi connectivity index (χ1v) is 9.70. The summed E-state index contributed by atoms with van der Waals surface area (Å²) >= 11 is 3.97. The molecule has 0 saturated carbocycles. The normalized spacial score (nSPS) is 20.0. The van der Waals surface area contributed by atoms with Crippen molar-refractivity contribution in [3.05, 3.63) is 43.3 Å². The molecule has 2 N–H and O–H groups in total. The molecular weight excluding hydrogens is 437 g/mol. The lowest BCUT2D eigenvalue weighted by molar-refractivity contribution is 0.0935. The fourth-order valence-electron chi connectivity index (χ4n) is 3.27. The summed E-state index contributed by atoms with van der Waals surface area (Å²) < 4.78 is 6.34. The van der Waals surface area contributed by atoms with E-state index in [2.05, 4.69) is 45.2 Å². The Bertz CT molecular complexity index is 820. The Morgan fingerprint density at radius 2 is 2.21 bits per heavy atom. The van der Waals surface area contributed by atoms with Gasteiger partial charge < -0.3 is 20.3 Å². The molecule has 1 unspecified atom stereocenters. The van der Waals surface area contributed by atoms with E-state index >= 15 is 0 Å². The third kappa shape index (κ3) is 2.68. The summed E-state index contributed by atoms with van der Waals surface area (Å²) in [4.78, 5) is 16.3. The maximum Gasteiger partial charge on any atom is 0.256 e. The zero-order valence-electron chi connectivity index (χ0n) is 13.5. The average Bonchev–Trinajstić information content (AvgIpc) is 2.92. The second-order valence-electron chi connectivity index (χ2n) is 6.14. The number of carbonyl (C=O) groups is 1. The Kier molecular flexibility index (Phi) is 4.17. The van der Waals surface area contributed by atoms with Crippen molar-refractivity contribution in [2.45, 2.75) is 19.1 Å². The minimum absolute atomic E-state index is 0.0293. The molecule has 2 aliphatic rings. The molecule has 1 aromatic heterocycles. The summed E-state index contributed by atoms with van der Waals surface area (Å²) in [5, 5.41) is 7.60. The van der Waals surface area contributed by atoms with Gasteiger partial charge in [-0.2, -0.15) is 0 Å². The number of carbonyl (C=O) groups excluding carboxylic acids is 1. The van der Waals surface area contributed by atoms with Gasteiger partial charge in [-0.3, -0.25) is 4.79 Å². The standard InChI is InChI=1S/C17H18IN3O2S/c1-21-6-5-10-13(8-21)24-17-14(10)16(22)19-15(20-17)9-3-4-12(23-2)11(18)7-9/h3-4,7,15,20H,5-6,8H2,1-2H3,(H,19,22). The topological polar surface area (TPSA) is 53.6 Å². The lowest BCUT2D eigenvalue weighted by Crippen LogP contribution is -2.38. The Hall–Kier alpha value is -1.32. The van der Waals surface area contributed by atoms with Crippen LogP contribution in [0.5, 0.6) is 5.75 Å². The summed E-state index contributed by atoms with van der Waals surface area (Å²) in [5.74, 6) is 0.874. The minimum atomic E-state index is -0.206. The number of rotatable bonds is 2. The first-order valence-electron chi connectivity index (χ1n) is 7.80. The highest BCUT2D eigenvalue weighted by Gasteiger charge is 2.32. The molecule has 1 amide bonds. The summed E-state index contributed by atoms with van der Waals surface area (Å²) in [6, 6.07) is 5.98. The second-order valence-corrected chi connectivity index (χ2v) is 8.41. The number of thiophene rings is 1. The number of anilines is 1. The van der Waals surface area contributed by atoms with Crippen LogP contribution in [0.4, 0.5) is 5.00 Å². The van der Waals surface area contributed by atoms with Gasteiger partial charge in [-0.25, -0.2) is 0 Å². The first-order chi connectivity index (χ1) is 11.6. The summed E-state index contributed by atoms with van der Waals surface area (Å²) in [6.45, 7) is 1.93. The molecule has 2 aromatic rings. The van der Waals surface area contributed by atoms with Gasteiger partial charge >= 0.3 is 0 Å². The number of nitrogens with one attached hydrogen (secondary N) is 2. The van der Waals surface area contributed by atoms with Crippen LogP contribution in [0, 0.1) is 3.57 Å². The molecule has 5 nitrogen and oxygen atoms in total. The lowest BCUT2D eigenvalue weighted by atomic mass is 10.0. The Labute approximate surface area is 158 Å². The highest BCUT2D eigenvalue weighted by Crippen LogP contribution is 2.40. The third-order valence-electron chi connectivity index (χ3n) is 4.53. The number of nitrogens with zero attached hydrogens (tertiary/aromatic N) is 1. The smallest absolute Gasteiger partial charge is 0.256 e. The lowest BCUT2D eigenvalue weighted by Gasteiger charge is -2.27. The third-order valence-corrected chi connectivity index (χ3v) is 6.53. The molecule has 1 aromatic carbocycles. The van der Waals surface area contributed by atoms with Crippen LogP contribution in [0.15, 0.2) is 18.2 Å². The van der Waals surface area contributed by atoms with E-state index in [1.807, 2.05) is 18.2 Å². The van der Waals surface area contributed by atoms with Crippen molar-refractivity contribution in [2.75, 3.05) is 26.0 Å². The molecule has 4 rings (SSSR count). The van der Waals surface area contributed by atoms with Crippen molar-refractivity contribution in [2.24, 2.45) is 0 Å². The molecule has 24 heavy (non-hydrogen) atoms. The van der Waals surface area contributed by atoms with Crippen LogP contribution in [0.3, 0.4) is 0 Å². The number of likely N-dealkylation sites (N-methyl/N-ethyl adjacent to an activating group) is 1. The zero-order chi connectivity index (χ0) is 16.8. The van der Waals surface area contributed by atoms with Crippen LogP contribution in [0.1, 0.15) is 32.5 Å². The number of ether oxygens (including phenoxy) is 1. The maximum atomic E-state index is 12.7. The van der Waals surface area contributed by atoms with Gasteiger partial charge in [0, 0.05) is 18.0 Å². The van der Waals surface area contributed by atoms with E-state index in [1.165, 1.54) is 10.4 Å². The largest absolute Gasteiger partial charge is 0.496 e. The van der Waals surface area contributed by atoms with E-state index in [4.69, 9.17) is 4.74 Å². The van der Waals surface area contributed by atoms with Gasteiger partial charge in [0.05, 0.1) is 16.2 Å². The van der Waals surface area contributed by atoms with Crippen molar-refractivity contribution in [3.8, 4) is 5.75 Å².